The largest absolute Gasteiger partial charge is 0.447 e. The highest BCUT2D eigenvalue weighted by Gasteiger charge is 2.23. The molecule has 1 fully saturated rings. The molecule has 1 aliphatic heterocycles. The van der Waals surface area contributed by atoms with Crippen LogP contribution in [-0.4, -0.2) is 25.5 Å². The van der Waals surface area contributed by atoms with Gasteiger partial charge in [0.1, 0.15) is 12.9 Å². The van der Waals surface area contributed by atoms with E-state index in [9.17, 15) is 9.59 Å². The van der Waals surface area contributed by atoms with Crippen LogP contribution in [-0.2, 0) is 16.0 Å². The zero-order valence-corrected chi connectivity index (χ0v) is 8.18. The second kappa shape index (κ2) is 4.13. The maximum absolute atomic E-state index is 11.3. The number of aldehydes is 1. The minimum Gasteiger partial charge on any atom is -0.447 e. The van der Waals surface area contributed by atoms with Crippen molar-refractivity contribution in [1.29, 1.82) is 0 Å². The van der Waals surface area contributed by atoms with Gasteiger partial charge in [-0.15, -0.1) is 0 Å². The van der Waals surface area contributed by atoms with E-state index < -0.39 is 0 Å². The third kappa shape index (κ3) is 1.98. The van der Waals surface area contributed by atoms with E-state index in [4.69, 9.17) is 4.74 Å². The molecule has 1 saturated heterocycles. The molecule has 0 bridgehead atoms. The lowest BCUT2D eigenvalue weighted by Gasteiger charge is -2.13. The molecule has 0 spiro atoms. The summed E-state index contributed by atoms with van der Waals surface area (Å²) in [5.74, 6) is 0. The fourth-order valence-electron chi connectivity index (χ4n) is 1.58. The molecule has 1 aliphatic rings. The standard InChI is InChI=1S/C11H11NO3/c13-6-4-9-2-1-3-10(8-9)12-5-7-15-11(12)14/h1-3,6,8H,4-5,7H2. The highest BCUT2D eigenvalue weighted by atomic mass is 16.6. The van der Waals surface area contributed by atoms with E-state index in [1.165, 1.54) is 0 Å². The highest BCUT2D eigenvalue weighted by molar-refractivity contribution is 5.89. The maximum Gasteiger partial charge on any atom is 0.414 e. The summed E-state index contributed by atoms with van der Waals surface area (Å²) in [7, 11) is 0. The van der Waals surface area contributed by atoms with Crippen molar-refractivity contribution in [1.82, 2.24) is 0 Å². The number of hydrogen-bond donors (Lipinski definition) is 0. The minimum absolute atomic E-state index is 0.321. The number of carbonyl (C=O) groups is 2. The van der Waals surface area contributed by atoms with Crippen LogP contribution in [0.15, 0.2) is 24.3 Å². The molecule has 78 valence electrons. The van der Waals surface area contributed by atoms with Crippen molar-refractivity contribution in [3.63, 3.8) is 0 Å². The molecule has 4 heteroatoms. The Morgan fingerprint density at radius 1 is 1.47 bits per heavy atom. The van der Waals surface area contributed by atoms with Crippen LogP contribution in [0.1, 0.15) is 5.56 Å². The minimum atomic E-state index is -0.321. The molecule has 0 radical (unpaired) electrons. The number of rotatable bonds is 3. The van der Waals surface area contributed by atoms with E-state index in [1.807, 2.05) is 24.3 Å². The SMILES string of the molecule is O=CCc1cccc(N2CCOC2=O)c1. The van der Waals surface area contributed by atoms with Gasteiger partial charge in [-0.05, 0) is 17.7 Å². The van der Waals surface area contributed by atoms with E-state index >= 15 is 0 Å². The Kier molecular flexibility index (Phi) is 2.67. The molecule has 1 heterocycles. The molecule has 1 aromatic rings. The van der Waals surface area contributed by atoms with Gasteiger partial charge in [0.25, 0.3) is 0 Å². The third-order valence-electron chi connectivity index (χ3n) is 2.30. The first-order valence-corrected chi connectivity index (χ1v) is 4.78. The average molecular weight is 205 g/mol. The predicted molar refractivity (Wildman–Crippen MR) is 54.9 cm³/mol. The van der Waals surface area contributed by atoms with Crippen molar-refractivity contribution in [2.24, 2.45) is 0 Å². The van der Waals surface area contributed by atoms with Crippen LogP contribution in [0.3, 0.4) is 0 Å². The summed E-state index contributed by atoms with van der Waals surface area (Å²) in [6.45, 7) is 1.00. The molecule has 0 atom stereocenters. The average Bonchev–Trinajstić information content (AvgIpc) is 2.65. The molecule has 0 saturated carbocycles. The first kappa shape index (κ1) is 9.71. The van der Waals surface area contributed by atoms with Crippen molar-refractivity contribution in [3.8, 4) is 0 Å². The Hall–Kier alpha value is -1.84. The van der Waals surface area contributed by atoms with Crippen LogP contribution in [0.25, 0.3) is 0 Å². The smallest absolute Gasteiger partial charge is 0.414 e. The van der Waals surface area contributed by atoms with Gasteiger partial charge in [0.2, 0.25) is 0 Å². The fourth-order valence-corrected chi connectivity index (χ4v) is 1.58. The summed E-state index contributed by atoms with van der Waals surface area (Å²) < 4.78 is 4.84. The Balaban J connectivity index is 2.23. The van der Waals surface area contributed by atoms with E-state index in [-0.39, 0.29) is 6.09 Å². The Morgan fingerprint density at radius 2 is 2.33 bits per heavy atom. The molecular weight excluding hydrogens is 194 g/mol. The second-order valence-corrected chi connectivity index (χ2v) is 3.31. The molecule has 1 amide bonds. The van der Waals surface area contributed by atoms with Gasteiger partial charge < -0.3 is 9.53 Å². The van der Waals surface area contributed by atoms with Crippen molar-refractivity contribution in [3.05, 3.63) is 29.8 Å². The van der Waals surface area contributed by atoms with Gasteiger partial charge in [0.15, 0.2) is 0 Å². The Morgan fingerprint density at radius 3 is 3.00 bits per heavy atom. The van der Waals surface area contributed by atoms with Crippen LogP contribution in [0.4, 0.5) is 10.5 Å². The van der Waals surface area contributed by atoms with Gasteiger partial charge in [0.05, 0.1) is 6.54 Å². The molecule has 0 N–H and O–H groups in total. The van der Waals surface area contributed by atoms with Crippen molar-refractivity contribution in [2.75, 3.05) is 18.1 Å². The lowest BCUT2D eigenvalue weighted by molar-refractivity contribution is -0.107. The van der Waals surface area contributed by atoms with Crippen molar-refractivity contribution in [2.45, 2.75) is 6.42 Å². The van der Waals surface area contributed by atoms with Gasteiger partial charge >= 0.3 is 6.09 Å². The van der Waals surface area contributed by atoms with Gasteiger partial charge in [-0.3, -0.25) is 4.90 Å². The summed E-state index contributed by atoms with van der Waals surface area (Å²) in [5, 5.41) is 0. The molecule has 0 aliphatic carbocycles. The number of hydrogen-bond acceptors (Lipinski definition) is 3. The topological polar surface area (TPSA) is 46.6 Å². The lowest BCUT2D eigenvalue weighted by atomic mass is 10.1. The van der Waals surface area contributed by atoms with Crippen molar-refractivity contribution >= 4 is 18.1 Å². The quantitative estimate of drug-likeness (QED) is 0.700. The predicted octanol–water partition coefficient (Wildman–Crippen LogP) is 1.38. The number of carbonyl (C=O) groups excluding carboxylic acids is 2. The van der Waals surface area contributed by atoms with Gasteiger partial charge in [0, 0.05) is 12.1 Å². The monoisotopic (exact) mass is 205 g/mol. The molecule has 1 aromatic carbocycles. The first-order valence-electron chi connectivity index (χ1n) is 4.78. The molecule has 2 rings (SSSR count). The summed E-state index contributed by atoms with van der Waals surface area (Å²) in [5.41, 5.74) is 1.69. The van der Waals surface area contributed by atoms with Crippen LogP contribution in [0.5, 0.6) is 0 Å². The second-order valence-electron chi connectivity index (χ2n) is 3.31. The van der Waals surface area contributed by atoms with Crippen LogP contribution in [0.2, 0.25) is 0 Å². The summed E-state index contributed by atoms with van der Waals surface area (Å²) in [4.78, 5) is 23.2. The number of ether oxygens (including phenoxy) is 1. The molecule has 0 aromatic heterocycles. The molecule has 15 heavy (non-hydrogen) atoms. The normalized spacial score (nSPS) is 15.2. The van der Waals surface area contributed by atoms with E-state index in [0.717, 1.165) is 17.5 Å². The number of nitrogens with zero attached hydrogens (tertiary/aromatic N) is 1. The summed E-state index contributed by atoms with van der Waals surface area (Å²) >= 11 is 0. The van der Waals surface area contributed by atoms with E-state index in [2.05, 4.69) is 0 Å². The number of anilines is 1. The Bertz CT molecular complexity index is 389. The summed E-state index contributed by atoms with van der Waals surface area (Å²) in [6, 6.07) is 7.36. The van der Waals surface area contributed by atoms with Crippen LogP contribution in [0, 0.1) is 0 Å². The van der Waals surface area contributed by atoms with E-state index in [0.29, 0.717) is 19.6 Å². The zero-order valence-electron chi connectivity index (χ0n) is 8.18. The number of amides is 1. The summed E-state index contributed by atoms with van der Waals surface area (Å²) in [6.07, 6.45) is 0.899. The van der Waals surface area contributed by atoms with Gasteiger partial charge in [-0.1, -0.05) is 12.1 Å². The van der Waals surface area contributed by atoms with Crippen LogP contribution < -0.4 is 4.90 Å². The lowest BCUT2D eigenvalue weighted by Crippen LogP contribution is -2.23. The zero-order chi connectivity index (χ0) is 10.7. The number of cyclic esters (lactones) is 1. The maximum atomic E-state index is 11.3. The first-order chi connectivity index (χ1) is 7.31. The van der Waals surface area contributed by atoms with Gasteiger partial charge in [-0.25, -0.2) is 4.79 Å². The number of benzene rings is 1. The fraction of sp³-hybridized carbons (Fsp3) is 0.273. The van der Waals surface area contributed by atoms with Crippen molar-refractivity contribution < 1.29 is 14.3 Å². The van der Waals surface area contributed by atoms with Gasteiger partial charge in [-0.2, -0.15) is 0 Å². The van der Waals surface area contributed by atoms with Crippen LogP contribution >= 0.6 is 0 Å². The molecule has 0 unspecified atom stereocenters. The Labute approximate surface area is 87.4 Å². The molecular formula is C11H11NO3. The highest BCUT2D eigenvalue weighted by Crippen LogP contribution is 2.19. The third-order valence-corrected chi connectivity index (χ3v) is 2.30. The van der Waals surface area contributed by atoms with E-state index in [1.54, 1.807) is 4.90 Å². The molecule has 4 nitrogen and oxygen atoms in total.